The normalized spacial score (nSPS) is 20.6. The van der Waals surface area contributed by atoms with Crippen molar-refractivity contribution in [2.24, 2.45) is 11.7 Å². The minimum absolute atomic E-state index is 0.00246. The lowest BCUT2D eigenvalue weighted by Crippen LogP contribution is -2.46. The van der Waals surface area contributed by atoms with Gasteiger partial charge in [0.1, 0.15) is 17.6 Å². The zero-order valence-corrected chi connectivity index (χ0v) is 24.0. The summed E-state index contributed by atoms with van der Waals surface area (Å²) in [6.07, 6.45) is 0.204. The molecule has 2 aromatic carbocycles. The molecule has 2 heterocycles. The first kappa shape index (κ1) is 28.6. The highest BCUT2D eigenvalue weighted by Crippen LogP contribution is 2.52. The number of ketones is 1. The van der Waals surface area contributed by atoms with Gasteiger partial charge >= 0.3 is 11.9 Å². The standard InChI is InChI=1S/C31H28ClFN2O5S/c1-3-39-30(37)25-21(23-12-7-13-41-23)16-22-26(28(25)36)24(17-8-5-9-18(32)14-17)27(31(38)40-4-2)29(34)35(22)20-11-6-10-19(33)15-20/h5-15,21,24-25H,3-4,16,34H2,1-2H3/t21-,24+,25-/m1/s1. The van der Waals surface area contributed by atoms with E-state index in [4.69, 9.17) is 26.8 Å². The number of rotatable bonds is 7. The third-order valence-corrected chi connectivity index (χ3v) is 8.47. The maximum absolute atomic E-state index is 14.6. The number of carbonyl (C=O) groups is 3. The van der Waals surface area contributed by atoms with Crippen molar-refractivity contribution in [3.8, 4) is 0 Å². The summed E-state index contributed by atoms with van der Waals surface area (Å²) in [4.78, 5) is 43.9. The number of benzene rings is 2. The lowest BCUT2D eigenvalue weighted by atomic mass is 9.68. The second kappa shape index (κ2) is 11.9. The van der Waals surface area contributed by atoms with Gasteiger partial charge < -0.3 is 15.2 Å². The van der Waals surface area contributed by atoms with E-state index in [1.54, 1.807) is 44.2 Å². The summed E-state index contributed by atoms with van der Waals surface area (Å²) in [5.74, 6) is -5.10. The van der Waals surface area contributed by atoms with Crippen LogP contribution in [0.2, 0.25) is 5.02 Å². The van der Waals surface area contributed by atoms with Crippen molar-refractivity contribution in [1.29, 1.82) is 0 Å². The highest BCUT2D eigenvalue weighted by molar-refractivity contribution is 7.10. The molecule has 212 valence electrons. The highest BCUT2D eigenvalue weighted by atomic mass is 35.5. The molecule has 2 aliphatic rings. The zero-order chi connectivity index (χ0) is 29.3. The van der Waals surface area contributed by atoms with E-state index < -0.39 is 41.3 Å². The fraction of sp³-hybridized carbons (Fsp3) is 0.258. The van der Waals surface area contributed by atoms with Crippen molar-refractivity contribution in [2.45, 2.75) is 32.1 Å². The molecule has 0 fully saturated rings. The molecule has 10 heteroatoms. The molecule has 1 aliphatic heterocycles. The smallest absolute Gasteiger partial charge is 0.338 e. The van der Waals surface area contributed by atoms with Crippen molar-refractivity contribution in [2.75, 3.05) is 18.1 Å². The number of hydrogen-bond donors (Lipinski definition) is 1. The summed E-state index contributed by atoms with van der Waals surface area (Å²) in [5.41, 5.74) is 8.30. The molecule has 0 saturated carbocycles. The van der Waals surface area contributed by atoms with Crippen molar-refractivity contribution in [1.82, 2.24) is 0 Å². The van der Waals surface area contributed by atoms with Crippen LogP contribution in [-0.4, -0.2) is 30.9 Å². The second-order valence-electron chi connectivity index (χ2n) is 9.60. The average molecular weight is 595 g/mol. The van der Waals surface area contributed by atoms with Crippen LogP contribution in [0, 0.1) is 11.7 Å². The van der Waals surface area contributed by atoms with Gasteiger partial charge in [0.2, 0.25) is 0 Å². The van der Waals surface area contributed by atoms with E-state index in [-0.39, 0.29) is 36.6 Å². The first-order valence-electron chi connectivity index (χ1n) is 13.2. The van der Waals surface area contributed by atoms with Crippen LogP contribution in [0.25, 0.3) is 0 Å². The molecule has 3 aromatic rings. The largest absolute Gasteiger partial charge is 0.465 e. The van der Waals surface area contributed by atoms with E-state index in [2.05, 4.69) is 0 Å². The molecule has 0 radical (unpaired) electrons. The van der Waals surface area contributed by atoms with Gasteiger partial charge in [-0.3, -0.25) is 14.5 Å². The third-order valence-electron chi connectivity index (χ3n) is 7.23. The predicted molar refractivity (Wildman–Crippen MR) is 155 cm³/mol. The fourth-order valence-electron chi connectivity index (χ4n) is 5.64. The Balaban J connectivity index is 1.82. The number of Topliss-reactive ketones (excluding diaryl/α,β-unsaturated/α-hetero) is 1. The molecule has 5 rings (SSSR count). The molecule has 0 saturated heterocycles. The van der Waals surface area contributed by atoms with Crippen molar-refractivity contribution in [3.05, 3.63) is 110 Å². The minimum atomic E-state index is -1.16. The molecule has 0 spiro atoms. The van der Waals surface area contributed by atoms with Crippen molar-refractivity contribution < 1.29 is 28.2 Å². The van der Waals surface area contributed by atoms with E-state index in [0.29, 0.717) is 22.0 Å². The fourth-order valence-corrected chi connectivity index (χ4v) is 6.70. The minimum Gasteiger partial charge on any atom is -0.465 e. The monoisotopic (exact) mass is 594 g/mol. The van der Waals surface area contributed by atoms with Crippen LogP contribution in [0.1, 0.15) is 42.5 Å². The maximum atomic E-state index is 14.6. The predicted octanol–water partition coefficient (Wildman–Crippen LogP) is 6.07. The SMILES string of the molecule is CCOC(=O)C1=C(N)N(c2cccc(F)c2)C2=C(C(=O)[C@H](C(=O)OCC)[C@@H](c3cccs3)C2)[C@@H]1c1cccc(Cl)c1. The van der Waals surface area contributed by atoms with Crippen molar-refractivity contribution in [3.63, 3.8) is 0 Å². The van der Waals surface area contributed by atoms with Gasteiger partial charge in [0.25, 0.3) is 0 Å². The molecule has 1 aliphatic carbocycles. The molecule has 0 bridgehead atoms. The van der Waals surface area contributed by atoms with E-state index in [1.165, 1.54) is 34.4 Å². The van der Waals surface area contributed by atoms with Gasteiger partial charge in [-0.15, -0.1) is 11.3 Å². The number of esters is 2. The third kappa shape index (κ3) is 5.27. The molecular weight excluding hydrogens is 567 g/mol. The summed E-state index contributed by atoms with van der Waals surface area (Å²) in [6.45, 7) is 3.50. The molecule has 1 aromatic heterocycles. The van der Waals surface area contributed by atoms with Crippen LogP contribution in [-0.2, 0) is 23.9 Å². The van der Waals surface area contributed by atoms with Gasteiger partial charge in [-0.05, 0) is 67.6 Å². The Morgan fingerprint density at radius 1 is 1.07 bits per heavy atom. The van der Waals surface area contributed by atoms with E-state index in [9.17, 15) is 18.8 Å². The number of thiophene rings is 1. The molecule has 41 heavy (non-hydrogen) atoms. The summed E-state index contributed by atoms with van der Waals surface area (Å²) in [5, 5.41) is 2.26. The zero-order valence-electron chi connectivity index (χ0n) is 22.4. The first-order valence-corrected chi connectivity index (χ1v) is 14.5. The number of carbonyl (C=O) groups excluding carboxylic acids is 3. The van der Waals surface area contributed by atoms with Crippen LogP contribution in [0.3, 0.4) is 0 Å². The number of ether oxygens (including phenoxy) is 2. The summed E-state index contributed by atoms with van der Waals surface area (Å²) in [6, 6.07) is 16.2. The van der Waals surface area contributed by atoms with Crippen LogP contribution in [0.4, 0.5) is 10.1 Å². The van der Waals surface area contributed by atoms with Gasteiger partial charge in [0.05, 0.1) is 30.4 Å². The molecule has 7 nitrogen and oxygen atoms in total. The van der Waals surface area contributed by atoms with Gasteiger partial charge in [0.15, 0.2) is 5.78 Å². The first-order chi connectivity index (χ1) is 19.8. The van der Waals surface area contributed by atoms with Crippen LogP contribution >= 0.6 is 22.9 Å². The number of allylic oxidation sites excluding steroid dienone is 2. The quantitative estimate of drug-likeness (QED) is 0.262. The van der Waals surface area contributed by atoms with Crippen LogP contribution in [0.5, 0.6) is 0 Å². The average Bonchev–Trinajstić information content (AvgIpc) is 3.47. The molecular formula is C31H28ClFN2O5S. The Hall–Kier alpha value is -3.95. The Kier molecular flexibility index (Phi) is 8.28. The topological polar surface area (TPSA) is 98.9 Å². The Labute approximate surface area is 246 Å². The Morgan fingerprint density at radius 2 is 1.83 bits per heavy atom. The molecule has 0 amide bonds. The van der Waals surface area contributed by atoms with Crippen molar-refractivity contribution >= 4 is 46.3 Å². The number of nitrogens with two attached hydrogens (primary N) is 1. The molecule has 0 unspecified atom stereocenters. The molecule has 3 atom stereocenters. The van der Waals surface area contributed by atoms with Crippen LogP contribution < -0.4 is 10.6 Å². The van der Waals surface area contributed by atoms with E-state index >= 15 is 0 Å². The second-order valence-corrected chi connectivity index (χ2v) is 11.0. The van der Waals surface area contributed by atoms with Crippen LogP contribution in [0.15, 0.2) is 88.7 Å². The van der Waals surface area contributed by atoms with Gasteiger partial charge in [0, 0.05) is 27.1 Å². The van der Waals surface area contributed by atoms with Gasteiger partial charge in [-0.1, -0.05) is 35.9 Å². The lowest BCUT2D eigenvalue weighted by Gasteiger charge is -2.43. The Morgan fingerprint density at radius 3 is 2.49 bits per heavy atom. The number of halogens is 2. The Bertz CT molecular complexity index is 1570. The number of anilines is 1. The lowest BCUT2D eigenvalue weighted by molar-refractivity contribution is -0.152. The maximum Gasteiger partial charge on any atom is 0.338 e. The van der Waals surface area contributed by atoms with Gasteiger partial charge in [-0.2, -0.15) is 0 Å². The summed E-state index contributed by atoms with van der Waals surface area (Å²) < 4.78 is 25.3. The van der Waals surface area contributed by atoms with E-state index in [0.717, 1.165) is 4.88 Å². The van der Waals surface area contributed by atoms with Gasteiger partial charge in [-0.25, -0.2) is 9.18 Å². The summed E-state index contributed by atoms with van der Waals surface area (Å²) in [7, 11) is 0. The van der Waals surface area contributed by atoms with E-state index in [1.807, 2.05) is 17.5 Å². The highest BCUT2D eigenvalue weighted by Gasteiger charge is 2.51. The number of hydrogen-bond acceptors (Lipinski definition) is 8. The molecule has 2 N–H and O–H groups in total. The summed E-state index contributed by atoms with van der Waals surface area (Å²) >= 11 is 7.79. The number of nitrogens with zero attached hydrogens (tertiary/aromatic N) is 1.